The summed E-state index contributed by atoms with van der Waals surface area (Å²) >= 11 is 0. The SMILES string of the molecule is CC(C)(C)c1ccc2c(c1)c(=O)n1n2-c2cc(-c3ccccc3)cc3c2B1c1cccc2c1N3c1ccccc1O2. The minimum Gasteiger partial charge on any atom is -0.453 e. The number of ether oxygens (including phenoxy) is 1. The van der Waals surface area contributed by atoms with E-state index in [-0.39, 0.29) is 17.8 Å². The van der Waals surface area contributed by atoms with E-state index in [1.54, 1.807) is 0 Å². The summed E-state index contributed by atoms with van der Waals surface area (Å²) in [7, 11) is 0. The molecule has 0 unspecified atom stereocenters. The Morgan fingerprint density at radius 3 is 2.29 bits per heavy atom. The summed E-state index contributed by atoms with van der Waals surface area (Å²) < 4.78 is 10.6. The first kappa shape index (κ1) is 22.8. The second-order valence-corrected chi connectivity index (χ2v) is 12.2. The van der Waals surface area contributed by atoms with Gasteiger partial charge in [-0.3, -0.25) is 14.1 Å². The molecule has 0 saturated heterocycles. The molecular weight excluding hydrogens is 505 g/mol. The van der Waals surface area contributed by atoms with Crippen molar-refractivity contribution >= 4 is 45.7 Å². The molecule has 0 aliphatic carbocycles. The molecule has 3 aliphatic rings. The lowest BCUT2D eigenvalue weighted by Crippen LogP contribution is -2.55. The number of hydrogen-bond donors (Lipinski definition) is 0. The van der Waals surface area contributed by atoms with Gasteiger partial charge in [0, 0.05) is 11.2 Å². The van der Waals surface area contributed by atoms with Crippen LogP contribution in [0.15, 0.2) is 108 Å². The van der Waals surface area contributed by atoms with Crippen molar-refractivity contribution in [3.05, 3.63) is 119 Å². The minimum absolute atomic E-state index is 0.0303. The summed E-state index contributed by atoms with van der Waals surface area (Å²) in [5, 5.41) is 0.753. The zero-order chi connectivity index (χ0) is 27.6. The number of aromatic nitrogens is 2. The van der Waals surface area contributed by atoms with Gasteiger partial charge < -0.3 is 9.64 Å². The Kier molecular flexibility index (Phi) is 4.23. The molecule has 6 heteroatoms. The highest BCUT2D eigenvalue weighted by Crippen LogP contribution is 2.52. The Morgan fingerprint density at radius 2 is 1.46 bits per heavy atom. The molecule has 0 atom stereocenters. The molecule has 3 aliphatic heterocycles. The number of anilines is 3. The van der Waals surface area contributed by atoms with Crippen molar-refractivity contribution in [2.24, 2.45) is 0 Å². The second kappa shape index (κ2) is 7.61. The Balaban J connectivity index is 1.43. The van der Waals surface area contributed by atoms with E-state index in [0.717, 1.165) is 72.8 Å². The third kappa shape index (κ3) is 2.89. The Labute approximate surface area is 237 Å². The highest BCUT2D eigenvalue weighted by Gasteiger charge is 2.48. The molecule has 6 aromatic rings. The van der Waals surface area contributed by atoms with Gasteiger partial charge >= 0.3 is 6.85 Å². The predicted octanol–water partition coefficient (Wildman–Crippen LogP) is 6.61. The molecule has 5 aromatic carbocycles. The smallest absolute Gasteiger partial charge is 0.357 e. The van der Waals surface area contributed by atoms with Crippen molar-refractivity contribution in [2.75, 3.05) is 4.90 Å². The minimum atomic E-state index is -0.261. The number of hydrogen-bond acceptors (Lipinski definition) is 3. The number of nitrogens with zero attached hydrogens (tertiary/aromatic N) is 3. The predicted molar refractivity (Wildman–Crippen MR) is 167 cm³/mol. The van der Waals surface area contributed by atoms with E-state index in [2.05, 4.69) is 103 Å². The van der Waals surface area contributed by atoms with E-state index in [1.165, 1.54) is 0 Å². The lowest BCUT2D eigenvalue weighted by molar-refractivity contribution is 0.477. The molecule has 0 N–H and O–H groups in total. The largest absolute Gasteiger partial charge is 0.453 e. The monoisotopic (exact) mass is 531 g/mol. The van der Waals surface area contributed by atoms with E-state index in [9.17, 15) is 4.79 Å². The van der Waals surface area contributed by atoms with Crippen molar-refractivity contribution < 1.29 is 4.74 Å². The Morgan fingerprint density at radius 1 is 0.707 bits per heavy atom. The molecule has 0 amide bonds. The molecule has 0 saturated carbocycles. The quantitative estimate of drug-likeness (QED) is 0.224. The molecule has 0 radical (unpaired) electrons. The van der Waals surface area contributed by atoms with Crippen LogP contribution in [-0.4, -0.2) is 16.1 Å². The summed E-state index contributed by atoms with van der Waals surface area (Å²) in [6.07, 6.45) is 0. The van der Waals surface area contributed by atoms with Crippen LogP contribution >= 0.6 is 0 Å². The highest BCUT2D eigenvalue weighted by molar-refractivity contribution is 6.88. The molecule has 196 valence electrons. The first-order valence-corrected chi connectivity index (χ1v) is 14.1. The van der Waals surface area contributed by atoms with Crippen LogP contribution in [-0.2, 0) is 5.41 Å². The fourth-order valence-corrected chi connectivity index (χ4v) is 6.94. The number of fused-ring (bicyclic) bond motifs is 9. The highest BCUT2D eigenvalue weighted by atomic mass is 16.5. The van der Waals surface area contributed by atoms with Gasteiger partial charge in [-0.25, -0.2) is 0 Å². The standard InChI is InChI=1S/C35H26BN3O2/c1-35(2,3)23-16-17-26-24(20-23)34(40)39-36-25-12-9-15-31-33(25)37(27-13-7-8-14-30(27)41-31)28-18-22(21-10-5-4-6-11-21)19-29(32(28)36)38(26)39/h4-20H,1-3H3. The third-order valence-electron chi connectivity index (χ3n) is 8.85. The van der Waals surface area contributed by atoms with Crippen molar-refractivity contribution in [1.29, 1.82) is 0 Å². The molecule has 0 fully saturated rings. The molecule has 0 bridgehead atoms. The van der Waals surface area contributed by atoms with E-state index in [0.29, 0.717) is 0 Å². The van der Waals surface area contributed by atoms with Crippen LogP contribution in [0, 0.1) is 0 Å². The van der Waals surface area contributed by atoms with Crippen LogP contribution < -0.4 is 26.1 Å². The van der Waals surface area contributed by atoms with Gasteiger partial charge in [-0.2, -0.15) is 0 Å². The maximum Gasteiger partial charge on any atom is 0.357 e. The first-order chi connectivity index (χ1) is 19.9. The average Bonchev–Trinajstić information content (AvgIpc) is 3.48. The van der Waals surface area contributed by atoms with Gasteiger partial charge in [0.1, 0.15) is 0 Å². The number of rotatable bonds is 1. The van der Waals surface area contributed by atoms with Gasteiger partial charge in [0.25, 0.3) is 5.56 Å². The third-order valence-corrected chi connectivity index (χ3v) is 8.85. The van der Waals surface area contributed by atoms with Crippen LogP contribution in [0.3, 0.4) is 0 Å². The van der Waals surface area contributed by atoms with E-state index >= 15 is 0 Å². The Hall–Kier alpha value is -4.97. The van der Waals surface area contributed by atoms with Gasteiger partial charge in [-0.15, -0.1) is 0 Å². The first-order valence-electron chi connectivity index (χ1n) is 14.1. The van der Waals surface area contributed by atoms with E-state index < -0.39 is 0 Å². The van der Waals surface area contributed by atoms with Crippen molar-refractivity contribution in [1.82, 2.24) is 9.27 Å². The van der Waals surface area contributed by atoms with Gasteiger partial charge in [0.05, 0.1) is 28.0 Å². The molecule has 5 nitrogen and oxygen atoms in total. The van der Waals surface area contributed by atoms with E-state index in [4.69, 9.17) is 4.74 Å². The summed E-state index contributed by atoms with van der Waals surface area (Å²) in [6.45, 7) is 6.30. The van der Waals surface area contributed by atoms with Crippen molar-refractivity contribution in [2.45, 2.75) is 26.2 Å². The fraction of sp³-hybridized carbons (Fsp3) is 0.114. The lowest BCUT2D eigenvalue weighted by Gasteiger charge is -2.39. The zero-order valence-corrected chi connectivity index (χ0v) is 23.1. The van der Waals surface area contributed by atoms with Crippen LogP contribution in [0.2, 0.25) is 0 Å². The van der Waals surface area contributed by atoms with Crippen molar-refractivity contribution in [3.8, 4) is 28.3 Å². The van der Waals surface area contributed by atoms with Crippen LogP contribution in [0.25, 0.3) is 27.7 Å². The maximum absolute atomic E-state index is 14.4. The topological polar surface area (TPSA) is 39.4 Å². The number of para-hydroxylation sites is 3. The van der Waals surface area contributed by atoms with Gasteiger partial charge in [0.15, 0.2) is 11.5 Å². The van der Waals surface area contributed by atoms with Crippen molar-refractivity contribution in [3.63, 3.8) is 0 Å². The van der Waals surface area contributed by atoms with Gasteiger partial charge in [-0.05, 0) is 70.0 Å². The van der Waals surface area contributed by atoms with Crippen LogP contribution in [0.5, 0.6) is 11.5 Å². The molecule has 1 aromatic heterocycles. The molecule has 9 rings (SSSR count). The molecule has 41 heavy (non-hydrogen) atoms. The maximum atomic E-state index is 14.4. The van der Waals surface area contributed by atoms with Gasteiger partial charge in [-0.1, -0.05) is 81.4 Å². The van der Waals surface area contributed by atoms with Gasteiger partial charge in [0.2, 0.25) is 0 Å². The van der Waals surface area contributed by atoms with Crippen LogP contribution in [0.1, 0.15) is 26.3 Å². The normalized spacial score (nSPS) is 13.9. The second-order valence-electron chi connectivity index (χ2n) is 12.2. The zero-order valence-electron chi connectivity index (χ0n) is 23.1. The molecule has 0 spiro atoms. The summed E-state index contributed by atoms with van der Waals surface area (Å²) in [5.41, 5.74) is 10.6. The Bertz CT molecular complexity index is 2150. The molecule has 4 heterocycles. The molecular formula is C35H26BN3O2. The fourth-order valence-electron chi connectivity index (χ4n) is 6.94. The summed E-state index contributed by atoms with van der Waals surface area (Å²) in [5.74, 6) is 1.63. The summed E-state index contributed by atoms with van der Waals surface area (Å²) in [4.78, 5) is 16.7. The lowest BCUT2D eigenvalue weighted by atomic mass is 9.48. The summed E-state index contributed by atoms with van der Waals surface area (Å²) in [6, 6.07) is 35.8. The van der Waals surface area contributed by atoms with Crippen LogP contribution in [0.4, 0.5) is 17.1 Å². The van der Waals surface area contributed by atoms with E-state index in [1.807, 2.05) is 34.9 Å². The average molecular weight is 531 g/mol. The number of benzene rings is 5.